The highest BCUT2D eigenvalue weighted by atomic mass is 14.6. The lowest BCUT2D eigenvalue weighted by atomic mass is 9.50. The van der Waals surface area contributed by atoms with Gasteiger partial charge in [-0.2, -0.15) is 0 Å². The third-order valence-electron chi connectivity index (χ3n) is 14.5. The predicted molar refractivity (Wildman–Crippen MR) is 169 cm³/mol. The molecule has 0 aliphatic heterocycles. The van der Waals surface area contributed by atoms with Gasteiger partial charge in [-0.25, -0.2) is 0 Å². The van der Waals surface area contributed by atoms with E-state index in [1.165, 1.54) is 132 Å². The number of hydrogen-bond donors (Lipinski definition) is 0. The van der Waals surface area contributed by atoms with E-state index in [-0.39, 0.29) is 10.8 Å². The monoisotopic (exact) mass is 552 g/mol. The van der Waals surface area contributed by atoms with E-state index < -0.39 is 0 Å². The van der Waals surface area contributed by atoms with Gasteiger partial charge in [-0.1, -0.05) is 35.5 Å². The van der Waals surface area contributed by atoms with Gasteiger partial charge in [0.05, 0.1) is 0 Å². The van der Waals surface area contributed by atoms with Gasteiger partial charge >= 0.3 is 0 Å². The highest BCUT2D eigenvalue weighted by molar-refractivity contribution is 5.55. The van der Waals surface area contributed by atoms with E-state index >= 15 is 0 Å². The highest BCUT2D eigenvalue weighted by Gasteiger charge is 2.52. The summed E-state index contributed by atoms with van der Waals surface area (Å²) in [6.45, 7) is 0. The summed E-state index contributed by atoms with van der Waals surface area (Å²) in [5, 5.41) is 0. The summed E-state index contributed by atoms with van der Waals surface area (Å²) >= 11 is 0. The minimum atomic E-state index is 0.278. The molecule has 0 spiro atoms. The maximum absolute atomic E-state index is 3.99. The van der Waals surface area contributed by atoms with Gasteiger partial charge < -0.3 is 0 Å². The van der Waals surface area contributed by atoms with E-state index in [0.29, 0.717) is 5.41 Å². The van der Waals surface area contributed by atoms with E-state index in [9.17, 15) is 0 Å². The van der Waals surface area contributed by atoms with E-state index in [2.05, 4.69) is 53.7 Å². The fourth-order valence-corrected chi connectivity index (χ4v) is 14.2. The van der Waals surface area contributed by atoms with Crippen molar-refractivity contribution in [2.75, 3.05) is 0 Å². The van der Waals surface area contributed by atoms with Crippen molar-refractivity contribution in [1.29, 1.82) is 0 Å². The Balaban J connectivity index is 1.00. The van der Waals surface area contributed by atoms with Crippen LogP contribution in [0.5, 0.6) is 0 Å². The van der Waals surface area contributed by atoms with Gasteiger partial charge in [0, 0.05) is 32.9 Å². The van der Waals surface area contributed by atoms with Crippen molar-refractivity contribution in [3.63, 3.8) is 0 Å². The lowest BCUT2D eigenvalue weighted by Gasteiger charge is -2.54. The Labute approximate surface area is 255 Å². The van der Waals surface area contributed by atoms with Gasteiger partial charge in [-0.15, -0.1) is 0 Å². The Hall–Kier alpha value is -2.10. The van der Waals surface area contributed by atoms with Crippen LogP contribution in [0.3, 0.4) is 0 Å². The molecular formula is C42H48. The third kappa shape index (κ3) is 4.27. The van der Waals surface area contributed by atoms with Gasteiger partial charge in [-0.3, -0.25) is 0 Å². The van der Waals surface area contributed by atoms with Crippen molar-refractivity contribution in [3.8, 4) is 35.5 Å². The first-order valence-electron chi connectivity index (χ1n) is 18.2. The molecule has 0 atom stereocenters. The molecule has 216 valence electrons. The van der Waals surface area contributed by atoms with Crippen LogP contribution < -0.4 is 0 Å². The molecule has 12 aliphatic rings. The fourth-order valence-electron chi connectivity index (χ4n) is 14.2. The summed E-state index contributed by atoms with van der Waals surface area (Å²) < 4.78 is 0. The van der Waals surface area contributed by atoms with Crippen LogP contribution in [0.25, 0.3) is 0 Å². The number of benzene rings is 1. The molecule has 42 heavy (non-hydrogen) atoms. The Morgan fingerprint density at radius 3 is 1.05 bits per heavy atom. The number of rotatable bonds is 0. The van der Waals surface area contributed by atoms with Crippen LogP contribution >= 0.6 is 0 Å². The molecular weight excluding hydrogens is 504 g/mol. The molecule has 0 unspecified atom stereocenters. The van der Waals surface area contributed by atoms with Crippen LogP contribution in [0.2, 0.25) is 0 Å². The summed E-state index contributed by atoms with van der Waals surface area (Å²) in [5.41, 5.74) is 4.41. The van der Waals surface area contributed by atoms with Gasteiger partial charge in [0.15, 0.2) is 0 Å². The highest BCUT2D eigenvalue weighted by Crippen LogP contribution is 2.62. The van der Waals surface area contributed by atoms with Crippen LogP contribution in [0.15, 0.2) is 18.2 Å². The van der Waals surface area contributed by atoms with Crippen molar-refractivity contribution in [1.82, 2.24) is 0 Å². The van der Waals surface area contributed by atoms with Crippen molar-refractivity contribution in [2.24, 2.45) is 69.5 Å². The van der Waals surface area contributed by atoms with Gasteiger partial charge in [-0.05, 0) is 187 Å². The molecule has 1 aromatic rings. The molecule has 0 nitrogen and oxygen atoms in total. The van der Waals surface area contributed by atoms with Crippen LogP contribution in [0.1, 0.15) is 132 Å². The van der Waals surface area contributed by atoms with Crippen LogP contribution in [0, 0.1) is 105 Å². The Bertz CT molecular complexity index is 1390. The molecule has 12 saturated carbocycles. The summed E-state index contributed by atoms with van der Waals surface area (Å²) in [7, 11) is 0. The lowest BCUT2D eigenvalue weighted by molar-refractivity contribution is -0.0182. The summed E-state index contributed by atoms with van der Waals surface area (Å²) in [6, 6.07) is 6.94. The average molecular weight is 553 g/mol. The van der Waals surface area contributed by atoms with E-state index in [1.54, 1.807) is 0 Å². The lowest BCUT2D eigenvalue weighted by Crippen LogP contribution is -2.45. The van der Waals surface area contributed by atoms with E-state index in [0.717, 1.165) is 53.3 Å². The smallest absolute Gasteiger partial charge is 0.0414 e. The zero-order chi connectivity index (χ0) is 27.5. The SMILES string of the molecule is C(#CC12CC3CC(CC(C3)C1)C2)c1ccc(C#CC23CC4CC(CC(C4)C2)C3)c(C#CC23CC4CC(CC(C4)C2)C3)c1. The molecule has 0 heteroatoms. The van der Waals surface area contributed by atoms with Crippen LogP contribution in [0.4, 0.5) is 0 Å². The first-order valence-corrected chi connectivity index (χ1v) is 18.2. The Morgan fingerprint density at radius 2 is 0.690 bits per heavy atom. The molecule has 0 aromatic heterocycles. The normalized spacial score (nSPS) is 49.6. The molecule has 0 amide bonds. The minimum Gasteiger partial charge on any atom is -0.0911 e. The molecule has 1 aromatic carbocycles. The topological polar surface area (TPSA) is 0 Å². The molecule has 0 N–H and O–H groups in total. The molecule has 12 bridgehead atoms. The van der Waals surface area contributed by atoms with E-state index in [4.69, 9.17) is 0 Å². The zero-order valence-corrected chi connectivity index (χ0v) is 25.7. The quantitative estimate of drug-likeness (QED) is 0.281. The Kier molecular flexibility index (Phi) is 5.40. The molecule has 12 fully saturated rings. The number of hydrogen-bond acceptors (Lipinski definition) is 0. The van der Waals surface area contributed by atoms with E-state index in [1.807, 2.05) is 0 Å². The summed E-state index contributed by atoms with van der Waals surface area (Å²) in [4.78, 5) is 0. The first-order chi connectivity index (χ1) is 20.5. The van der Waals surface area contributed by atoms with Gasteiger partial charge in [0.1, 0.15) is 0 Å². The molecule has 0 radical (unpaired) electrons. The van der Waals surface area contributed by atoms with Crippen molar-refractivity contribution < 1.29 is 0 Å². The standard InChI is InChI=1S/C42H48/c1-2-38(4-7-41-22-32-12-33(23-41)14-34(13-32)24-41)39(5-8-42-25-35-15-36(26-42)17-37(16-35)27-42)18-28(1)3-6-40-19-29-9-30(20-40)11-31(10-29)21-40/h1-2,18,29-37H,9-17,19-27H2. The molecule has 0 heterocycles. The first kappa shape index (κ1) is 25.2. The van der Waals surface area contributed by atoms with Gasteiger partial charge in [0.2, 0.25) is 0 Å². The molecule has 0 saturated heterocycles. The maximum Gasteiger partial charge on any atom is 0.0414 e. The van der Waals surface area contributed by atoms with Crippen molar-refractivity contribution in [3.05, 3.63) is 34.9 Å². The second kappa shape index (κ2) is 8.98. The summed E-state index contributed by atoms with van der Waals surface area (Å²) in [5.74, 6) is 31.8. The predicted octanol–water partition coefficient (Wildman–Crippen LogP) is 9.39. The minimum absolute atomic E-state index is 0.278. The molecule has 13 rings (SSSR count). The maximum atomic E-state index is 3.99. The Morgan fingerprint density at radius 1 is 0.381 bits per heavy atom. The van der Waals surface area contributed by atoms with Crippen molar-refractivity contribution >= 4 is 0 Å². The van der Waals surface area contributed by atoms with Crippen molar-refractivity contribution in [2.45, 2.75) is 116 Å². The van der Waals surface area contributed by atoms with Gasteiger partial charge in [0.25, 0.3) is 0 Å². The average Bonchev–Trinajstić information content (AvgIpc) is 2.92. The largest absolute Gasteiger partial charge is 0.0911 e. The third-order valence-corrected chi connectivity index (χ3v) is 14.5. The molecule has 12 aliphatic carbocycles. The summed E-state index contributed by atoms with van der Waals surface area (Å²) in [6.07, 6.45) is 25.6. The van der Waals surface area contributed by atoms with Crippen LogP contribution in [-0.2, 0) is 0 Å². The fraction of sp³-hybridized carbons (Fsp3) is 0.714. The second-order valence-corrected chi connectivity index (χ2v) is 18.1. The zero-order valence-electron chi connectivity index (χ0n) is 25.7. The van der Waals surface area contributed by atoms with Crippen LogP contribution in [-0.4, -0.2) is 0 Å². The second-order valence-electron chi connectivity index (χ2n) is 18.1.